The quantitative estimate of drug-likeness (QED) is 0.777. The van der Waals surface area contributed by atoms with Crippen LogP contribution in [0.3, 0.4) is 0 Å². The van der Waals surface area contributed by atoms with Crippen molar-refractivity contribution in [2.24, 2.45) is 0 Å². The molecule has 0 saturated carbocycles. The van der Waals surface area contributed by atoms with Gasteiger partial charge in [0.05, 0.1) is 0 Å². The third kappa shape index (κ3) is 3.78. The van der Waals surface area contributed by atoms with Gasteiger partial charge in [-0.2, -0.15) is 0 Å². The van der Waals surface area contributed by atoms with Crippen molar-refractivity contribution in [1.29, 1.82) is 0 Å². The molecule has 0 radical (unpaired) electrons. The number of hydrogen-bond acceptors (Lipinski definition) is 3. The summed E-state index contributed by atoms with van der Waals surface area (Å²) in [6.45, 7) is 6.31. The summed E-state index contributed by atoms with van der Waals surface area (Å²) in [5.41, 5.74) is 1.23. The largest absolute Gasteiger partial charge is 0.374 e. The maximum absolute atomic E-state index is 4.25. The van der Waals surface area contributed by atoms with Crippen LogP contribution in [0.1, 0.15) is 26.7 Å². The van der Waals surface area contributed by atoms with Gasteiger partial charge in [0, 0.05) is 38.1 Å². The molecule has 1 aromatic rings. The third-order valence-corrected chi connectivity index (χ3v) is 2.39. The zero-order valence-corrected chi connectivity index (χ0v) is 9.95. The first-order valence-electron chi connectivity index (χ1n) is 5.69. The monoisotopic (exact) mass is 207 g/mol. The second-order valence-electron chi connectivity index (χ2n) is 3.70. The molecule has 0 spiro atoms. The molecule has 3 heteroatoms. The van der Waals surface area contributed by atoms with E-state index in [9.17, 15) is 0 Å². The minimum absolute atomic E-state index is 0.912. The number of pyridine rings is 1. The van der Waals surface area contributed by atoms with E-state index in [0.29, 0.717) is 0 Å². The zero-order chi connectivity index (χ0) is 11.1. The van der Waals surface area contributed by atoms with Gasteiger partial charge in [-0.15, -0.1) is 0 Å². The van der Waals surface area contributed by atoms with E-state index in [1.165, 1.54) is 18.5 Å². The zero-order valence-electron chi connectivity index (χ0n) is 9.95. The summed E-state index contributed by atoms with van der Waals surface area (Å²) in [7, 11) is 2.13. The van der Waals surface area contributed by atoms with Crippen LogP contribution in [0, 0.1) is 0 Å². The van der Waals surface area contributed by atoms with Crippen LogP contribution in [-0.4, -0.2) is 25.1 Å². The van der Waals surface area contributed by atoms with Crippen LogP contribution in [0.5, 0.6) is 0 Å². The molecule has 0 atom stereocenters. The van der Waals surface area contributed by atoms with Crippen LogP contribution < -0.4 is 10.2 Å². The fraction of sp³-hybridized carbons (Fsp3) is 0.583. The average molecular weight is 207 g/mol. The molecule has 3 nitrogen and oxygen atoms in total. The molecular formula is C12H21N3. The van der Waals surface area contributed by atoms with E-state index in [-0.39, 0.29) is 0 Å². The number of anilines is 2. The number of rotatable bonds is 6. The van der Waals surface area contributed by atoms with Crippen molar-refractivity contribution in [3.05, 3.63) is 18.3 Å². The Morgan fingerprint density at radius 3 is 2.87 bits per heavy atom. The highest BCUT2D eigenvalue weighted by atomic mass is 15.1. The molecule has 0 saturated heterocycles. The highest BCUT2D eigenvalue weighted by Gasteiger charge is 2.01. The average Bonchev–Trinajstić information content (AvgIpc) is 2.27. The Hall–Kier alpha value is -1.25. The summed E-state index contributed by atoms with van der Waals surface area (Å²) >= 11 is 0. The molecule has 1 aromatic heterocycles. The molecule has 0 aromatic carbocycles. The van der Waals surface area contributed by atoms with Crippen LogP contribution >= 0.6 is 0 Å². The van der Waals surface area contributed by atoms with Crippen molar-refractivity contribution >= 4 is 11.5 Å². The number of unbranched alkanes of at least 4 members (excludes halogenated alkanes) is 1. The topological polar surface area (TPSA) is 28.2 Å². The number of nitrogens with one attached hydrogen (secondary N) is 1. The number of nitrogens with zero attached hydrogens (tertiary/aromatic N) is 2. The lowest BCUT2D eigenvalue weighted by atomic mass is 10.3. The molecule has 1 heterocycles. The lowest BCUT2D eigenvalue weighted by molar-refractivity contribution is 0.766. The minimum Gasteiger partial charge on any atom is -0.374 e. The van der Waals surface area contributed by atoms with Gasteiger partial charge in [0.1, 0.15) is 5.82 Å². The SMILES string of the molecule is CCCCN(C)c1ccnc(NCC)c1. The first kappa shape index (κ1) is 11.8. The van der Waals surface area contributed by atoms with E-state index in [1.807, 2.05) is 6.20 Å². The molecule has 15 heavy (non-hydrogen) atoms. The van der Waals surface area contributed by atoms with Gasteiger partial charge in [0.2, 0.25) is 0 Å². The van der Waals surface area contributed by atoms with Crippen molar-refractivity contribution < 1.29 is 0 Å². The Bertz CT molecular complexity index is 286. The molecule has 84 valence electrons. The van der Waals surface area contributed by atoms with Crippen molar-refractivity contribution in [2.75, 3.05) is 30.4 Å². The summed E-state index contributed by atoms with van der Waals surface area (Å²) < 4.78 is 0. The number of aromatic nitrogens is 1. The van der Waals surface area contributed by atoms with E-state index in [4.69, 9.17) is 0 Å². The van der Waals surface area contributed by atoms with E-state index < -0.39 is 0 Å². The molecule has 1 rings (SSSR count). The van der Waals surface area contributed by atoms with Gasteiger partial charge in [-0.3, -0.25) is 0 Å². The molecule has 0 aliphatic carbocycles. The summed E-state index contributed by atoms with van der Waals surface area (Å²) in [6.07, 6.45) is 4.32. The van der Waals surface area contributed by atoms with Crippen molar-refractivity contribution in [3.8, 4) is 0 Å². The summed E-state index contributed by atoms with van der Waals surface area (Å²) in [4.78, 5) is 6.52. The summed E-state index contributed by atoms with van der Waals surface area (Å²) in [6, 6.07) is 4.15. The Labute approximate surface area is 92.5 Å². The first-order chi connectivity index (χ1) is 7.27. The van der Waals surface area contributed by atoms with Gasteiger partial charge < -0.3 is 10.2 Å². The fourth-order valence-electron chi connectivity index (χ4n) is 1.46. The standard InChI is InChI=1S/C12H21N3/c1-4-6-9-15(3)11-7-8-14-12(10-11)13-5-2/h7-8,10H,4-6,9H2,1-3H3,(H,13,14). The predicted octanol–water partition coefficient (Wildman–Crippen LogP) is 2.75. The van der Waals surface area contributed by atoms with Gasteiger partial charge in [-0.25, -0.2) is 4.98 Å². The van der Waals surface area contributed by atoms with Crippen LogP contribution in [0.25, 0.3) is 0 Å². The van der Waals surface area contributed by atoms with Crippen LogP contribution in [0.4, 0.5) is 11.5 Å². The van der Waals surface area contributed by atoms with Crippen molar-refractivity contribution in [1.82, 2.24) is 4.98 Å². The normalized spacial score (nSPS) is 10.1. The van der Waals surface area contributed by atoms with E-state index in [1.54, 1.807) is 0 Å². The minimum atomic E-state index is 0.912. The smallest absolute Gasteiger partial charge is 0.127 e. The third-order valence-electron chi connectivity index (χ3n) is 2.39. The highest BCUT2D eigenvalue weighted by molar-refractivity contribution is 5.53. The van der Waals surface area contributed by atoms with Gasteiger partial charge in [-0.05, 0) is 19.4 Å². The first-order valence-corrected chi connectivity index (χ1v) is 5.69. The number of hydrogen-bond donors (Lipinski definition) is 1. The molecule has 0 fully saturated rings. The van der Waals surface area contributed by atoms with Gasteiger partial charge in [0.15, 0.2) is 0 Å². The van der Waals surface area contributed by atoms with E-state index >= 15 is 0 Å². The van der Waals surface area contributed by atoms with Crippen LogP contribution in [0.2, 0.25) is 0 Å². The van der Waals surface area contributed by atoms with Crippen LogP contribution in [-0.2, 0) is 0 Å². The molecule has 0 amide bonds. The summed E-state index contributed by atoms with van der Waals surface area (Å²) in [5.74, 6) is 0.957. The van der Waals surface area contributed by atoms with E-state index in [0.717, 1.165) is 18.9 Å². The van der Waals surface area contributed by atoms with Crippen molar-refractivity contribution in [3.63, 3.8) is 0 Å². The van der Waals surface area contributed by atoms with Gasteiger partial charge in [-0.1, -0.05) is 13.3 Å². The molecule has 0 unspecified atom stereocenters. The van der Waals surface area contributed by atoms with Crippen molar-refractivity contribution in [2.45, 2.75) is 26.7 Å². The van der Waals surface area contributed by atoms with Gasteiger partial charge in [0.25, 0.3) is 0 Å². The Kier molecular flexibility index (Phi) is 4.95. The highest BCUT2D eigenvalue weighted by Crippen LogP contribution is 2.16. The van der Waals surface area contributed by atoms with Gasteiger partial charge >= 0.3 is 0 Å². The maximum atomic E-state index is 4.25. The lowest BCUT2D eigenvalue weighted by Crippen LogP contribution is -2.18. The Morgan fingerprint density at radius 1 is 1.40 bits per heavy atom. The lowest BCUT2D eigenvalue weighted by Gasteiger charge is -2.19. The fourth-order valence-corrected chi connectivity index (χ4v) is 1.46. The maximum Gasteiger partial charge on any atom is 0.127 e. The molecule has 1 N–H and O–H groups in total. The Balaban J connectivity index is 2.62. The molecular weight excluding hydrogens is 186 g/mol. The molecule has 0 aliphatic heterocycles. The second kappa shape index (κ2) is 6.27. The van der Waals surface area contributed by atoms with Crippen LogP contribution in [0.15, 0.2) is 18.3 Å². The van der Waals surface area contributed by atoms with E-state index in [2.05, 4.69) is 48.2 Å². The summed E-state index contributed by atoms with van der Waals surface area (Å²) in [5, 5.41) is 3.22. The Morgan fingerprint density at radius 2 is 2.20 bits per heavy atom. The molecule has 0 bridgehead atoms. The second-order valence-corrected chi connectivity index (χ2v) is 3.70. The molecule has 0 aliphatic rings. The predicted molar refractivity (Wildman–Crippen MR) is 66.6 cm³/mol.